The van der Waals surface area contributed by atoms with Gasteiger partial charge in [-0.05, 0) is 5.57 Å². The molecule has 0 bridgehead atoms. The van der Waals surface area contributed by atoms with Crippen molar-refractivity contribution in [1.29, 1.82) is 0 Å². The Kier molecular flexibility index (Phi) is 2.16. The zero-order valence-corrected chi connectivity index (χ0v) is 7.22. The van der Waals surface area contributed by atoms with Gasteiger partial charge in [0.05, 0.1) is 12.1 Å². The predicted molar refractivity (Wildman–Crippen MR) is 51.2 cm³/mol. The number of fused-ring (bicyclic) bond motifs is 1. The third-order valence-corrected chi connectivity index (χ3v) is 2.38. The van der Waals surface area contributed by atoms with Gasteiger partial charge in [0.25, 0.3) is 0 Å². The molecule has 0 saturated heterocycles. The lowest BCUT2D eigenvalue weighted by molar-refractivity contribution is 0.221. The van der Waals surface area contributed by atoms with Gasteiger partial charge in [-0.25, -0.2) is 0 Å². The van der Waals surface area contributed by atoms with Crippen LogP contribution in [0.15, 0.2) is 28.9 Å². The Morgan fingerprint density at radius 2 is 2.54 bits per heavy atom. The molecular weight excluding hydrogens is 166 g/mol. The molecule has 0 radical (unpaired) electrons. The van der Waals surface area contributed by atoms with Gasteiger partial charge < -0.3 is 16.3 Å². The van der Waals surface area contributed by atoms with E-state index in [-0.39, 0.29) is 12.6 Å². The second kappa shape index (κ2) is 3.32. The van der Waals surface area contributed by atoms with Gasteiger partial charge in [-0.1, -0.05) is 18.2 Å². The first-order valence-electron chi connectivity index (χ1n) is 4.38. The fourth-order valence-corrected chi connectivity index (χ4v) is 1.56. The molecular formula is C9H13N3O. The maximum Gasteiger partial charge on any atom is 0.0909 e. The lowest BCUT2D eigenvalue weighted by Gasteiger charge is -2.19. The highest BCUT2D eigenvalue weighted by atomic mass is 16.3. The summed E-state index contributed by atoms with van der Waals surface area (Å²) in [5, 5.41) is 13.5. The van der Waals surface area contributed by atoms with Crippen molar-refractivity contribution in [3.05, 3.63) is 23.8 Å². The molecule has 13 heavy (non-hydrogen) atoms. The Balaban J connectivity index is 2.12. The first-order valence-corrected chi connectivity index (χ1v) is 4.38. The van der Waals surface area contributed by atoms with Crippen LogP contribution in [0.3, 0.4) is 0 Å². The molecule has 70 valence electrons. The van der Waals surface area contributed by atoms with Crippen molar-refractivity contribution in [3.8, 4) is 0 Å². The average Bonchev–Trinajstić information content (AvgIpc) is 2.63. The zero-order valence-electron chi connectivity index (χ0n) is 7.22. The molecule has 4 N–H and O–H groups in total. The predicted octanol–water partition coefficient (Wildman–Crippen LogP) is -0.624. The number of nitrogens with zero attached hydrogens (tertiary/aromatic N) is 1. The number of nitrogens with one attached hydrogen (secondary N) is 1. The van der Waals surface area contributed by atoms with Crippen molar-refractivity contribution in [2.45, 2.75) is 12.1 Å². The standard InChI is InChI=1S/C9H13N3O/c10-4-9(13)6-1-2-7-5-11-12-8(7)3-6/h1-3,5,7-9,12-13H,4,10H2. The van der Waals surface area contributed by atoms with Crippen molar-refractivity contribution in [2.24, 2.45) is 16.8 Å². The molecule has 1 aliphatic heterocycles. The summed E-state index contributed by atoms with van der Waals surface area (Å²) in [4.78, 5) is 0. The summed E-state index contributed by atoms with van der Waals surface area (Å²) in [7, 11) is 0. The molecule has 0 fully saturated rings. The van der Waals surface area contributed by atoms with Crippen LogP contribution in [0, 0.1) is 5.92 Å². The van der Waals surface area contributed by atoms with Gasteiger partial charge in [-0.2, -0.15) is 5.10 Å². The quantitative estimate of drug-likeness (QED) is 0.529. The Morgan fingerprint density at radius 3 is 3.31 bits per heavy atom. The maximum atomic E-state index is 9.49. The van der Waals surface area contributed by atoms with Gasteiger partial charge in [0.15, 0.2) is 0 Å². The minimum atomic E-state index is -0.556. The van der Waals surface area contributed by atoms with E-state index >= 15 is 0 Å². The fourth-order valence-electron chi connectivity index (χ4n) is 1.56. The molecule has 0 spiro atoms. The van der Waals surface area contributed by atoms with Gasteiger partial charge in [0.2, 0.25) is 0 Å². The number of hydrogen-bond donors (Lipinski definition) is 3. The van der Waals surface area contributed by atoms with E-state index in [1.165, 1.54) is 0 Å². The van der Waals surface area contributed by atoms with Crippen LogP contribution in [0.5, 0.6) is 0 Å². The largest absolute Gasteiger partial charge is 0.387 e. The van der Waals surface area contributed by atoms with E-state index in [0.29, 0.717) is 5.92 Å². The second-order valence-electron chi connectivity index (χ2n) is 3.29. The van der Waals surface area contributed by atoms with E-state index in [1.54, 1.807) is 0 Å². The Hall–Kier alpha value is -1.13. The Labute approximate surface area is 76.8 Å². The Morgan fingerprint density at radius 1 is 1.69 bits per heavy atom. The molecule has 0 amide bonds. The van der Waals surface area contributed by atoms with Crippen LogP contribution in [0.4, 0.5) is 0 Å². The summed E-state index contributed by atoms with van der Waals surface area (Å²) in [6, 6.07) is 0.196. The topological polar surface area (TPSA) is 70.6 Å². The van der Waals surface area contributed by atoms with E-state index in [0.717, 1.165) is 5.57 Å². The monoisotopic (exact) mass is 179 g/mol. The molecule has 2 aliphatic rings. The summed E-state index contributed by atoms with van der Waals surface area (Å²) in [6.45, 7) is 0.258. The molecule has 0 saturated carbocycles. The lowest BCUT2D eigenvalue weighted by Crippen LogP contribution is -2.30. The van der Waals surface area contributed by atoms with Crippen LogP contribution >= 0.6 is 0 Å². The minimum absolute atomic E-state index is 0.196. The van der Waals surface area contributed by atoms with Crippen molar-refractivity contribution >= 4 is 6.21 Å². The van der Waals surface area contributed by atoms with Crippen LogP contribution in [-0.2, 0) is 0 Å². The molecule has 0 aromatic carbocycles. The van der Waals surface area contributed by atoms with E-state index in [4.69, 9.17) is 5.73 Å². The first kappa shape index (κ1) is 8.47. The number of hydrogen-bond acceptors (Lipinski definition) is 4. The summed E-state index contributed by atoms with van der Waals surface area (Å²) < 4.78 is 0. The summed E-state index contributed by atoms with van der Waals surface area (Å²) >= 11 is 0. The van der Waals surface area contributed by atoms with Gasteiger partial charge in [0.1, 0.15) is 0 Å². The number of aliphatic hydroxyl groups is 1. The number of nitrogens with two attached hydrogens (primary N) is 1. The Bertz CT molecular complexity index is 283. The second-order valence-corrected chi connectivity index (χ2v) is 3.29. The fraction of sp³-hybridized carbons (Fsp3) is 0.444. The van der Waals surface area contributed by atoms with Crippen molar-refractivity contribution in [1.82, 2.24) is 5.43 Å². The molecule has 0 aromatic heterocycles. The summed E-state index contributed by atoms with van der Waals surface area (Å²) in [5.41, 5.74) is 9.20. The molecule has 4 nitrogen and oxygen atoms in total. The maximum absolute atomic E-state index is 9.49. The van der Waals surface area contributed by atoms with Crippen molar-refractivity contribution in [3.63, 3.8) is 0 Å². The SMILES string of the molecule is NCC(O)C1=CC2NN=CC2C=C1. The van der Waals surface area contributed by atoms with E-state index in [1.807, 2.05) is 24.4 Å². The molecule has 1 heterocycles. The highest BCUT2D eigenvalue weighted by Gasteiger charge is 2.24. The molecule has 1 aliphatic carbocycles. The van der Waals surface area contributed by atoms with Gasteiger partial charge in [-0.15, -0.1) is 0 Å². The minimum Gasteiger partial charge on any atom is -0.387 e. The number of aliphatic hydroxyl groups excluding tert-OH is 1. The van der Waals surface area contributed by atoms with Crippen LogP contribution < -0.4 is 11.2 Å². The van der Waals surface area contributed by atoms with E-state index in [9.17, 15) is 5.11 Å². The van der Waals surface area contributed by atoms with Gasteiger partial charge in [0, 0.05) is 18.7 Å². The summed E-state index contributed by atoms with van der Waals surface area (Å²) in [5.74, 6) is 0.328. The molecule has 2 rings (SSSR count). The summed E-state index contributed by atoms with van der Waals surface area (Å²) in [6.07, 6.45) is 7.23. The lowest BCUT2D eigenvalue weighted by atomic mass is 9.92. The van der Waals surface area contributed by atoms with Crippen LogP contribution in [0.2, 0.25) is 0 Å². The number of rotatable bonds is 2. The first-order chi connectivity index (χ1) is 6.31. The zero-order chi connectivity index (χ0) is 9.26. The van der Waals surface area contributed by atoms with Crippen molar-refractivity contribution < 1.29 is 5.11 Å². The van der Waals surface area contributed by atoms with E-state index < -0.39 is 6.10 Å². The normalized spacial score (nSPS) is 32.3. The van der Waals surface area contributed by atoms with Gasteiger partial charge >= 0.3 is 0 Å². The average molecular weight is 179 g/mol. The smallest absolute Gasteiger partial charge is 0.0909 e. The third kappa shape index (κ3) is 1.50. The molecule has 3 unspecified atom stereocenters. The molecule has 4 heteroatoms. The molecule has 3 atom stereocenters. The number of hydrazone groups is 1. The highest BCUT2D eigenvalue weighted by molar-refractivity contribution is 5.68. The van der Waals surface area contributed by atoms with Crippen LogP contribution in [-0.4, -0.2) is 30.0 Å². The van der Waals surface area contributed by atoms with E-state index in [2.05, 4.69) is 10.5 Å². The van der Waals surface area contributed by atoms with Crippen LogP contribution in [0.1, 0.15) is 0 Å². The van der Waals surface area contributed by atoms with Crippen LogP contribution in [0.25, 0.3) is 0 Å². The third-order valence-electron chi connectivity index (χ3n) is 2.38. The highest BCUT2D eigenvalue weighted by Crippen LogP contribution is 2.20. The van der Waals surface area contributed by atoms with Crippen molar-refractivity contribution in [2.75, 3.05) is 6.54 Å². The molecule has 0 aromatic rings. The van der Waals surface area contributed by atoms with Gasteiger partial charge in [-0.3, -0.25) is 0 Å².